The number of rotatable bonds is 4. The summed E-state index contributed by atoms with van der Waals surface area (Å²) in [5.41, 5.74) is -1.80. The van der Waals surface area contributed by atoms with E-state index in [1.165, 1.54) is 31.2 Å². The number of aryl methyl sites for hydroxylation is 1. The fourth-order valence-electron chi connectivity index (χ4n) is 1.86. The van der Waals surface area contributed by atoms with Crippen molar-refractivity contribution in [1.29, 1.82) is 0 Å². The molecule has 130 valence electrons. The van der Waals surface area contributed by atoms with Gasteiger partial charge in [-0.05, 0) is 26.0 Å². The van der Waals surface area contributed by atoms with Crippen LogP contribution in [0.5, 0.6) is 0 Å². The Kier molecular flexibility index (Phi) is 4.70. The Balaban J connectivity index is 2.59. The van der Waals surface area contributed by atoms with Crippen molar-refractivity contribution in [1.82, 2.24) is 9.19 Å². The van der Waals surface area contributed by atoms with Gasteiger partial charge in [0.05, 0.1) is 17.7 Å². The third-order valence-corrected chi connectivity index (χ3v) is 4.57. The molecular weight excluding hydrogens is 349 g/mol. The first kappa shape index (κ1) is 18.0. The lowest BCUT2D eigenvalue weighted by molar-refractivity contribution is -0.141. The van der Waals surface area contributed by atoms with Gasteiger partial charge in [-0.2, -0.15) is 30.8 Å². The Bertz CT molecular complexity index is 855. The van der Waals surface area contributed by atoms with Crippen LogP contribution in [0.15, 0.2) is 35.4 Å². The smallest absolute Gasteiger partial charge is 0.436 e. The summed E-state index contributed by atoms with van der Waals surface area (Å²) in [5, 5.41) is 3.06. The predicted octanol–water partition coefficient (Wildman–Crippen LogP) is 2.62. The second-order valence-electron chi connectivity index (χ2n) is 4.80. The molecule has 0 aliphatic rings. The molecule has 1 aromatic carbocycles. The van der Waals surface area contributed by atoms with Gasteiger partial charge in [0.1, 0.15) is 5.56 Å². The topological polar surface area (TPSA) is 78.3 Å². The van der Waals surface area contributed by atoms with E-state index in [0.29, 0.717) is 6.20 Å². The number of aromatic nitrogens is 2. The molecule has 0 aliphatic heterocycles. The molecule has 0 saturated carbocycles. The number of nitrogens with zero attached hydrogens (tertiary/aromatic N) is 2. The predicted molar refractivity (Wildman–Crippen MR) is 76.9 cm³/mol. The lowest BCUT2D eigenvalue weighted by Gasteiger charge is -2.05. The van der Waals surface area contributed by atoms with Crippen LogP contribution in [0.4, 0.5) is 13.2 Å². The minimum atomic E-state index is -5.00. The highest BCUT2D eigenvalue weighted by Gasteiger charge is 2.41. The van der Waals surface area contributed by atoms with E-state index < -0.39 is 33.4 Å². The van der Waals surface area contributed by atoms with Crippen molar-refractivity contribution in [2.75, 3.05) is 6.61 Å². The molecule has 1 aromatic heterocycles. The molecule has 10 heteroatoms. The molecular formula is C14H13F3N2O4S. The summed E-state index contributed by atoms with van der Waals surface area (Å²) < 4.78 is 68.5. The number of alkyl halides is 3. The second-order valence-corrected chi connectivity index (χ2v) is 6.60. The highest BCUT2D eigenvalue weighted by atomic mass is 32.2. The molecule has 0 aliphatic carbocycles. The molecule has 2 rings (SSSR count). The van der Waals surface area contributed by atoms with E-state index in [4.69, 9.17) is 0 Å². The number of hydrogen-bond donors (Lipinski definition) is 0. The van der Waals surface area contributed by atoms with Crippen molar-refractivity contribution in [2.24, 2.45) is 0 Å². The molecule has 24 heavy (non-hydrogen) atoms. The minimum absolute atomic E-state index is 0.132. The van der Waals surface area contributed by atoms with E-state index in [2.05, 4.69) is 9.84 Å². The summed E-state index contributed by atoms with van der Waals surface area (Å²) in [6, 6.07) is 5.47. The van der Waals surface area contributed by atoms with Crippen LogP contribution < -0.4 is 0 Å². The lowest BCUT2D eigenvalue weighted by atomic mass is 10.2. The van der Waals surface area contributed by atoms with Crippen LogP contribution >= 0.6 is 0 Å². The molecule has 0 fully saturated rings. The van der Waals surface area contributed by atoms with Gasteiger partial charge in [0, 0.05) is 0 Å². The van der Waals surface area contributed by atoms with Gasteiger partial charge < -0.3 is 4.74 Å². The van der Waals surface area contributed by atoms with Crippen LogP contribution in [-0.4, -0.2) is 30.2 Å². The molecule has 0 unspecified atom stereocenters. The first-order valence-electron chi connectivity index (χ1n) is 6.73. The van der Waals surface area contributed by atoms with Crippen LogP contribution in [0.25, 0.3) is 0 Å². The van der Waals surface area contributed by atoms with Crippen molar-refractivity contribution >= 4 is 16.0 Å². The van der Waals surface area contributed by atoms with Crippen molar-refractivity contribution in [2.45, 2.75) is 24.9 Å². The largest absolute Gasteiger partial charge is 0.462 e. The Labute approximate surface area is 135 Å². The van der Waals surface area contributed by atoms with E-state index in [1.807, 2.05) is 0 Å². The first-order chi connectivity index (χ1) is 11.1. The van der Waals surface area contributed by atoms with Gasteiger partial charge in [-0.3, -0.25) is 0 Å². The van der Waals surface area contributed by atoms with Gasteiger partial charge in [0.2, 0.25) is 0 Å². The molecule has 1 heterocycles. The Hall–Kier alpha value is -2.36. The molecule has 0 N–H and O–H groups in total. The van der Waals surface area contributed by atoms with Gasteiger partial charge in [0.25, 0.3) is 10.0 Å². The number of halogens is 3. The Morgan fingerprint density at radius 1 is 1.25 bits per heavy atom. The molecule has 0 atom stereocenters. The van der Waals surface area contributed by atoms with Gasteiger partial charge in [-0.15, -0.1) is 0 Å². The number of benzene rings is 1. The number of ether oxygens (including phenoxy) is 1. The standard InChI is InChI=1S/C14H13F3N2O4S/c1-3-23-13(20)11-8-19(18-12(11)14(15,16)17)24(21,22)10-6-4-9(2)5-7-10/h4-8H,3H2,1-2H3. The zero-order valence-corrected chi connectivity index (χ0v) is 13.5. The summed E-state index contributed by atoms with van der Waals surface area (Å²) >= 11 is 0. The monoisotopic (exact) mass is 362 g/mol. The number of carbonyl (C=O) groups is 1. The molecule has 6 nitrogen and oxygen atoms in total. The van der Waals surface area contributed by atoms with Gasteiger partial charge in [-0.1, -0.05) is 17.7 Å². The van der Waals surface area contributed by atoms with Crippen LogP contribution in [0.1, 0.15) is 28.5 Å². The van der Waals surface area contributed by atoms with E-state index in [0.717, 1.165) is 5.56 Å². The third kappa shape index (κ3) is 3.42. The van der Waals surface area contributed by atoms with Gasteiger partial charge in [0.15, 0.2) is 5.69 Å². The SMILES string of the molecule is CCOC(=O)c1cn(S(=O)(=O)c2ccc(C)cc2)nc1C(F)(F)F. The average Bonchev–Trinajstić information content (AvgIpc) is 2.94. The average molecular weight is 362 g/mol. The number of hydrogen-bond acceptors (Lipinski definition) is 5. The number of carbonyl (C=O) groups excluding carboxylic acids is 1. The fraction of sp³-hybridized carbons (Fsp3) is 0.286. The summed E-state index contributed by atoms with van der Waals surface area (Å²) in [4.78, 5) is 11.4. The Morgan fingerprint density at radius 3 is 2.33 bits per heavy atom. The van der Waals surface area contributed by atoms with Crippen molar-refractivity contribution in [3.63, 3.8) is 0 Å². The zero-order valence-electron chi connectivity index (χ0n) is 12.7. The van der Waals surface area contributed by atoms with Crippen molar-refractivity contribution in [3.8, 4) is 0 Å². The maximum atomic E-state index is 13.0. The fourth-order valence-corrected chi connectivity index (χ4v) is 2.99. The molecule has 0 saturated heterocycles. The maximum absolute atomic E-state index is 13.0. The summed E-state index contributed by atoms with van der Waals surface area (Å²) in [7, 11) is -4.37. The van der Waals surface area contributed by atoms with E-state index in [-0.39, 0.29) is 15.6 Å². The van der Waals surface area contributed by atoms with Crippen molar-refractivity contribution < 1.29 is 31.1 Å². The van der Waals surface area contributed by atoms with Crippen molar-refractivity contribution in [3.05, 3.63) is 47.3 Å². The van der Waals surface area contributed by atoms with Crippen LogP contribution in [-0.2, 0) is 20.9 Å². The molecule has 0 spiro atoms. The van der Waals surface area contributed by atoms with E-state index in [1.54, 1.807) is 6.92 Å². The van der Waals surface area contributed by atoms with Crippen LogP contribution in [0, 0.1) is 6.92 Å². The van der Waals surface area contributed by atoms with Crippen LogP contribution in [0.2, 0.25) is 0 Å². The maximum Gasteiger partial charge on any atom is 0.436 e. The molecule has 2 aromatic rings. The first-order valence-corrected chi connectivity index (χ1v) is 8.17. The zero-order chi connectivity index (χ0) is 18.1. The summed E-state index contributed by atoms with van der Waals surface area (Å²) in [6.45, 7) is 2.98. The quantitative estimate of drug-likeness (QED) is 0.782. The highest BCUT2D eigenvalue weighted by Crippen LogP contribution is 2.32. The van der Waals surface area contributed by atoms with E-state index in [9.17, 15) is 26.4 Å². The van der Waals surface area contributed by atoms with E-state index >= 15 is 0 Å². The summed E-state index contributed by atoms with van der Waals surface area (Å²) in [5.74, 6) is -1.30. The van der Waals surface area contributed by atoms with Gasteiger partial charge in [-0.25, -0.2) is 4.79 Å². The summed E-state index contributed by atoms with van der Waals surface area (Å²) in [6.07, 6.45) is -4.49. The molecule has 0 radical (unpaired) electrons. The lowest BCUT2D eigenvalue weighted by Crippen LogP contribution is -2.16. The number of esters is 1. The second kappa shape index (κ2) is 6.27. The normalized spacial score (nSPS) is 12.2. The van der Waals surface area contributed by atoms with Crippen LogP contribution in [0.3, 0.4) is 0 Å². The Morgan fingerprint density at radius 2 is 1.83 bits per heavy atom. The van der Waals surface area contributed by atoms with Gasteiger partial charge >= 0.3 is 12.1 Å². The molecule has 0 amide bonds. The minimum Gasteiger partial charge on any atom is -0.462 e. The highest BCUT2D eigenvalue weighted by molar-refractivity contribution is 7.89. The molecule has 0 bridgehead atoms. The third-order valence-electron chi connectivity index (χ3n) is 3.02.